The van der Waals surface area contributed by atoms with Crippen LogP contribution in [0.1, 0.15) is 38.8 Å². The number of para-hydroxylation sites is 1. The molecule has 3 rings (SSSR count). The molecule has 8 heteroatoms. The lowest BCUT2D eigenvalue weighted by molar-refractivity contribution is 0.00578. The van der Waals surface area contributed by atoms with Crippen LogP contribution in [0.15, 0.2) is 54.0 Å². The van der Waals surface area contributed by atoms with E-state index >= 15 is 0 Å². The number of halogens is 1. The van der Waals surface area contributed by atoms with E-state index in [0.29, 0.717) is 5.47 Å². The summed E-state index contributed by atoms with van der Waals surface area (Å²) in [6.45, 7) is 7.79. The molecule has 164 valence electrons. The van der Waals surface area contributed by atoms with Crippen molar-refractivity contribution in [1.29, 1.82) is 0 Å². The van der Waals surface area contributed by atoms with Gasteiger partial charge in [-0.15, -0.1) is 0 Å². The fourth-order valence-corrected chi connectivity index (χ4v) is 2.99. The van der Waals surface area contributed by atoms with Crippen molar-refractivity contribution in [3.05, 3.63) is 70.9 Å². The van der Waals surface area contributed by atoms with Crippen LogP contribution in [-0.2, 0) is 20.7 Å². The number of hydrogen-bond acceptors (Lipinski definition) is 5. The number of amides is 1. The minimum atomic E-state index is -0.790. The minimum Gasteiger partial charge on any atom is -0.504 e. The highest BCUT2D eigenvalue weighted by molar-refractivity contribution is 6.56. The smallest absolute Gasteiger partial charge is 0.492 e. The van der Waals surface area contributed by atoms with Gasteiger partial charge in [-0.3, -0.25) is 0 Å². The van der Waals surface area contributed by atoms with Crippen molar-refractivity contribution in [3.63, 3.8) is 0 Å². The molecule has 1 aliphatic heterocycles. The van der Waals surface area contributed by atoms with Gasteiger partial charge in [-0.2, -0.15) is 0 Å². The van der Waals surface area contributed by atoms with E-state index in [1.54, 1.807) is 12.1 Å². The molecular weight excluding hydrogens is 400 g/mol. The van der Waals surface area contributed by atoms with Gasteiger partial charge in [-0.05, 0) is 44.8 Å². The third kappa shape index (κ3) is 5.45. The maximum atomic E-state index is 13.8. The van der Waals surface area contributed by atoms with Gasteiger partial charge in [0.25, 0.3) is 0 Å². The van der Waals surface area contributed by atoms with E-state index < -0.39 is 36.0 Å². The van der Waals surface area contributed by atoms with Gasteiger partial charge in [0, 0.05) is 12.1 Å². The molecule has 2 N–H and O–H groups in total. The standard InChI is InChI=1S/C23H27BFNO5/c1-22(2)23(3,4)31-24(30-22)18(13-17-11-8-12-19(25)20(17)27)14-26-21(28)29-15-16-9-6-5-7-10-16/h5-13,27H,14-15H2,1-4H3,(H,26,28). The van der Waals surface area contributed by atoms with Crippen LogP contribution in [0.25, 0.3) is 6.08 Å². The van der Waals surface area contributed by atoms with Crippen molar-refractivity contribution < 1.29 is 28.3 Å². The zero-order chi connectivity index (χ0) is 22.6. The molecule has 0 radical (unpaired) electrons. The first-order valence-electron chi connectivity index (χ1n) is 10.1. The summed E-state index contributed by atoms with van der Waals surface area (Å²) in [6, 6.07) is 13.5. The van der Waals surface area contributed by atoms with Gasteiger partial charge < -0.3 is 24.5 Å². The van der Waals surface area contributed by atoms with Gasteiger partial charge in [-0.1, -0.05) is 48.5 Å². The average Bonchev–Trinajstić information content (AvgIpc) is 2.94. The van der Waals surface area contributed by atoms with E-state index in [0.717, 1.165) is 5.56 Å². The van der Waals surface area contributed by atoms with E-state index in [2.05, 4.69) is 5.32 Å². The van der Waals surface area contributed by atoms with Crippen LogP contribution in [0, 0.1) is 5.82 Å². The van der Waals surface area contributed by atoms with Crippen molar-refractivity contribution >= 4 is 19.3 Å². The summed E-state index contributed by atoms with van der Waals surface area (Å²) in [4.78, 5) is 12.2. The van der Waals surface area contributed by atoms with E-state index in [1.165, 1.54) is 12.1 Å². The van der Waals surface area contributed by atoms with E-state index in [4.69, 9.17) is 14.0 Å². The molecule has 0 atom stereocenters. The number of nitrogens with one attached hydrogen (secondary N) is 1. The van der Waals surface area contributed by atoms with Crippen molar-refractivity contribution in [2.75, 3.05) is 6.54 Å². The molecule has 31 heavy (non-hydrogen) atoms. The molecule has 0 spiro atoms. The maximum absolute atomic E-state index is 13.8. The molecule has 0 unspecified atom stereocenters. The Morgan fingerprint density at radius 1 is 1.10 bits per heavy atom. The molecular formula is C23H27BFNO5. The highest BCUT2D eigenvalue weighted by Crippen LogP contribution is 2.39. The second-order valence-corrected chi connectivity index (χ2v) is 8.40. The van der Waals surface area contributed by atoms with Crippen LogP contribution in [0.3, 0.4) is 0 Å². The number of aromatic hydroxyl groups is 1. The van der Waals surface area contributed by atoms with Crippen molar-refractivity contribution in [2.45, 2.75) is 45.5 Å². The number of rotatable bonds is 6. The number of hydrogen-bond donors (Lipinski definition) is 2. The second kappa shape index (κ2) is 9.12. The number of phenols is 1. The Labute approximate surface area is 182 Å². The fraction of sp³-hybridized carbons (Fsp3) is 0.348. The first-order chi connectivity index (χ1) is 14.6. The Morgan fingerprint density at radius 2 is 1.74 bits per heavy atom. The van der Waals surface area contributed by atoms with Crippen LogP contribution in [0.4, 0.5) is 9.18 Å². The first-order valence-corrected chi connectivity index (χ1v) is 10.1. The lowest BCUT2D eigenvalue weighted by Gasteiger charge is -2.32. The quantitative estimate of drug-likeness (QED) is 0.666. The van der Waals surface area contributed by atoms with Gasteiger partial charge in [-0.25, -0.2) is 9.18 Å². The van der Waals surface area contributed by atoms with Crippen molar-refractivity contribution in [2.24, 2.45) is 0 Å². The Hall–Kier alpha value is -2.84. The highest BCUT2D eigenvalue weighted by atomic mass is 19.1. The summed E-state index contributed by atoms with van der Waals surface area (Å²) < 4.78 is 31.2. The topological polar surface area (TPSA) is 77.0 Å². The van der Waals surface area contributed by atoms with E-state index in [1.807, 2.05) is 58.0 Å². The summed E-state index contributed by atoms with van der Waals surface area (Å²) in [5.41, 5.74) is 0.424. The van der Waals surface area contributed by atoms with Crippen LogP contribution in [0.5, 0.6) is 5.75 Å². The highest BCUT2D eigenvalue weighted by Gasteiger charge is 2.52. The predicted octanol–water partition coefficient (Wildman–Crippen LogP) is 4.47. The molecule has 0 aromatic heterocycles. The largest absolute Gasteiger partial charge is 0.504 e. The second-order valence-electron chi connectivity index (χ2n) is 8.40. The third-order valence-corrected chi connectivity index (χ3v) is 5.56. The molecule has 2 aromatic rings. The Morgan fingerprint density at radius 3 is 2.39 bits per heavy atom. The van der Waals surface area contributed by atoms with Gasteiger partial charge in [0.15, 0.2) is 11.6 Å². The normalized spacial score (nSPS) is 17.5. The monoisotopic (exact) mass is 427 g/mol. The fourth-order valence-electron chi connectivity index (χ4n) is 2.99. The molecule has 1 heterocycles. The molecule has 0 aliphatic carbocycles. The lowest BCUT2D eigenvalue weighted by atomic mass is 9.77. The molecule has 1 saturated heterocycles. The Kier molecular flexibility index (Phi) is 6.72. The van der Waals surface area contributed by atoms with Crippen LogP contribution in [-0.4, -0.2) is 36.1 Å². The molecule has 0 saturated carbocycles. The zero-order valence-corrected chi connectivity index (χ0v) is 18.1. The maximum Gasteiger partial charge on any atom is 0.492 e. The van der Waals surface area contributed by atoms with Crippen LogP contribution in [0.2, 0.25) is 0 Å². The lowest BCUT2D eigenvalue weighted by Crippen LogP contribution is -2.41. The number of carbonyl (C=O) groups excluding carboxylic acids is 1. The van der Waals surface area contributed by atoms with Crippen LogP contribution < -0.4 is 5.32 Å². The molecule has 2 aromatic carbocycles. The van der Waals surface area contributed by atoms with Crippen molar-refractivity contribution in [1.82, 2.24) is 5.32 Å². The number of ether oxygens (including phenoxy) is 1. The van der Waals surface area contributed by atoms with Crippen LogP contribution >= 0.6 is 0 Å². The average molecular weight is 427 g/mol. The summed E-state index contributed by atoms with van der Waals surface area (Å²) in [5.74, 6) is -1.22. The number of phenolic OH excluding ortho intramolecular Hbond substituents is 1. The van der Waals surface area contributed by atoms with E-state index in [-0.39, 0.29) is 18.7 Å². The van der Waals surface area contributed by atoms with Gasteiger partial charge in [0.2, 0.25) is 0 Å². The Bertz CT molecular complexity index is 946. The third-order valence-electron chi connectivity index (χ3n) is 5.56. The number of carbonyl (C=O) groups is 1. The molecule has 1 amide bonds. The Balaban J connectivity index is 1.75. The van der Waals surface area contributed by atoms with Gasteiger partial charge in [0.05, 0.1) is 11.2 Å². The SMILES string of the molecule is CC1(C)OB(C(=Cc2cccc(F)c2O)CNC(=O)OCc2ccccc2)OC1(C)C. The molecule has 6 nitrogen and oxygen atoms in total. The summed E-state index contributed by atoms with van der Waals surface area (Å²) in [6.07, 6.45) is 0.938. The summed E-state index contributed by atoms with van der Waals surface area (Å²) in [5, 5.41) is 12.7. The summed E-state index contributed by atoms with van der Waals surface area (Å²) >= 11 is 0. The molecule has 0 bridgehead atoms. The molecule has 1 fully saturated rings. The van der Waals surface area contributed by atoms with Gasteiger partial charge in [0.1, 0.15) is 6.61 Å². The van der Waals surface area contributed by atoms with Gasteiger partial charge >= 0.3 is 13.2 Å². The minimum absolute atomic E-state index is 0.0282. The van der Waals surface area contributed by atoms with E-state index in [9.17, 15) is 14.3 Å². The number of alkyl carbamates (subject to hydrolysis) is 1. The van der Waals surface area contributed by atoms with Crippen molar-refractivity contribution in [3.8, 4) is 5.75 Å². The molecule has 1 aliphatic rings. The predicted molar refractivity (Wildman–Crippen MR) is 117 cm³/mol. The zero-order valence-electron chi connectivity index (χ0n) is 18.1. The first kappa shape index (κ1) is 22.8. The number of benzene rings is 2. The summed E-state index contributed by atoms with van der Waals surface area (Å²) in [7, 11) is -0.790.